The third-order valence-corrected chi connectivity index (χ3v) is 3.41. The Morgan fingerprint density at radius 1 is 1.17 bits per heavy atom. The first-order valence-corrected chi connectivity index (χ1v) is 6.62. The van der Waals surface area contributed by atoms with Crippen molar-refractivity contribution in [1.29, 1.82) is 0 Å². The van der Waals surface area contributed by atoms with E-state index in [0.29, 0.717) is 21.8 Å². The van der Waals surface area contributed by atoms with Gasteiger partial charge in [-0.2, -0.15) is 0 Å². The number of rotatable bonds is 4. The van der Waals surface area contributed by atoms with E-state index in [1.165, 1.54) is 0 Å². The van der Waals surface area contributed by atoms with Crippen molar-refractivity contribution in [3.05, 3.63) is 56.9 Å². The first-order chi connectivity index (χ1) is 8.56. The van der Waals surface area contributed by atoms with Crippen molar-refractivity contribution in [2.75, 3.05) is 0 Å². The highest BCUT2D eigenvalue weighted by molar-refractivity contribution is 6.35. The van der Waals surface area contributed by atoms with Gasteiger partial charge in [0.2, 0.25) is 0 Å². The lowest BCUT2D eigenvalue weighted by Gasteiger charge is -2.15. The minimum Gasteiger partial charge on any atom is -0.448 e. The quantitative estimate of drug-likeness (QED) is 0.851. The Hall–Kier alpha value is -0.670. The lowest BCUT2D eigenvalue weighted by Crippen LogP contribution is -2.18. The molecule has 1 heterocycles. The number of nitrogens with one attached hydrogen (secondary N) is 1. The van der Waals surface area contributed by atoms with Gasteiger partial charge in [0.05, 0.1) is 6.54 Å². The van der Waals surface area contributed by atoms with E-state index in [1.807, 2.05) is 25.1 Å². The average Bonchev–Trinajstić information content (AvgIpc) is 2.72. The van der Waals surface area contributed by atoms with Crippen molar-refractivity contribution in [1.82, 2.24) is 5.32 Å². The normalized spacial score (nSPS) is 12.7. The Morgan fingerprint density at radius 2 is 1.94 bits per heavy atom. The number of halogens is 3. The van der Waals surface area contributed by atoms with Gasteiger partial charge in [-0.05, 0) is 48.4 Å². The largest absolute Gasteiger partial charge is 0.448 e. The van der Waals surface area contributed by atoms with Gasteiger partial charge in [-0.15, -0.1) is 0 Å². The summed E-state index contributed by atoms with van der Waals surface area (Å²) in [6.07, 6.45) is 0. The van der Waals surface area contributed by atoms with Gasteiger partial charge in [0.1, 0.15) is 5.76 Å². The van der Waals surface area contributed by atoms with E-state index < -0.39 is 0 Å². The van der Waals surface area contributed by atoms with Crippen molar-refractivity contribution in [2.45, 2.75) is 19.5 Å². The molecule has 0 aliphatic heterocycles. The molecule has 0 saturated carbocycles. The van der Waals surface area contributed by atoms with Gasteiger partial charge in [-0.25, -0.2) is 0 Å². The van der Waals surface area contributed by atoms with Gasteiger partial charge in [0.25, 0.3) is 0 Å². The molecule has 1 aromatic carbocycles. The average molecular weight is 305 g/mol. The van der Waals surface area contributed by atoms with Crippen molar-refractivity contribution in [3.63, 3.8) is 0 Å². The van der Waals surface area contributed by atoms with Crippen molar-refractivity contribution in [2.24, 2.45) is 0 Å². The Bertz CT molecular complexity index is 539. The highest BCUT2D eigenvalue weighted by Crippen LogP contribution is 2.26. The molecule has 2 aromatic rings. The second-order valence-electron chi connectivity index (χ2n) is 3.97. The Balaban J connectivity index is 2.01. The summed E-state index contributed by atoms with van der Waals surface area (Å²) >= 11 is 17.7. The number of hydrogen-bond donors (Lipinski definition) is 1. The van der Waals surface area contributed by atoms with Crippen LogP contribution in [0.5, 0.6) is 0 Å². The molecule has 0 saturated heterocycles. The number of furan rings is 1. The minimum atomic E-state index is 0.0960. The molecule has 0 amide bonds. The number of hydrogen-bond acceptors (Lipinski definition) is 2. The number of benzene rings is 1. The van der Waals surface area contributed by atoms with Crippen LogP contribution in [-0.2, 0) is 6.54 Å². The molecule has 1 unspecified atom stereocenters. The fourth-order valence-electron chi connectivity index (χ4n) is 1.66. The van der Waals surface area contributed by atoms with E-state index in [4.69, 9.17) is 39.2 Å². The summed E-state index contributed by atoms with van der Waals surface area (Å²) in [5, 5.41) is 4.99. The summed E-state index contributed by atoms with van der Waals surface area (Å²) in [7, 11) is 0. The fraction of sp³-hybridized carbons (Fsp3) is 0.231. The van der Waals surface area contributed by atoms with E-state index in [2.05, 4.69) is 5.32 Å². The van der Waals surface area contributed by atoms with E-state index in [1.54, 1.807) is 12.1 Å². The molecule has 1 aromatic heterocycles. The SMILES string of the molecule is CC(NCc1ccc(Cl)o1)c1ccc(Cl)cc1Cl. The predicted octanol–water partition coefficient (Wildman–Crippen LogP) is 5.09. The van der Waals surface area contributed by atoms with Gasteiger partial charge in [0, 0.05) is 16.1 Å². The van der Waals surface area contributed by atoms with E-state index >= 15 is 0 Å². The molecule has 0 fully saturated rings. The van der Waals surface area contributed by atoms with E-state index in [-0.39, 0.29) is 6.04 Å². The first-order valence-electron chi connectivity index (χ1n) is 5.49. The van der Waals surface area contributed by atoms with E-state index in [9.17, 15) is 0 Å². The van der Waals surface area contributed by atoms with Gasteiger partial charge < -0.3 is 9.73 Å². The second kappa shape index (κ2) is 5.98. The zero-order chi connectivity index (χ0) is 13.1. The van der Waals surface area contributed by atoms with Crippen LogP contribution in [0.25, 0.3) is 0 Å². The maximum Gasteiger partial charge on any atom is 0.193 e. The predicted molar refractivity (Wildman–Crippen MR) is 75.4 cm³/mol. The molecule has 0 spiro atoms. The monoisotopic (exact) mass is 303 g/mol. The van der Waals surface area contributed by atoms with Gasteiger partial charge >= 0.3 is 0 Å². The molecule has 96 valence electrons. The maximum atomic E-state index is 6.14. The summed E-state index contributed by atoms with van der Waals surface area (Å²) in [4.78, 5) is 0. The van der Waals surface area contributed by atoms with Crippen LogP contribution in [0.3, 0.4) is 0 Å². The molecular weight excluding hydrogens is 293 g/mol. The molecule has 0 aliphatic rings. The molecule has 2 nitrogen and oxygen atoms in total. The van der Waals surface area contributed by atoms with Crippen LogP contribution in [0.4, 0.5) is 0 Å². The molecule has 5 heteroatoms. The zero-order valence-electron chi connectivity index (χ0n) is 9.71. The second-order valence-corrected chi connectivity index (χ2v) is 5.19. The summed E-state index contributed by atoms with van der Waals surface area (Å²) < 4.78 is 5.27. The van der Waals surface area contributed by atoms with Crippen molar-refractivity contribution < 1.29 is 4.42 Å². The van der Waals surface area contributed by atoms with Crippen molar-refractivity contribution in [3.8, 4) is 0 Å². The van der Waals surface area contributed by atoms with Crippen LogP contribution >= 0.6 is 34.8 Å². The smallest absolute Gasteiger partial charge is 0.193 e. The fourth-order valence-corrected chi connectivity index (χ4v) is 2.40. The molecule has 1 atom stereocenters. The maximum absolute atomic E-state index is 6.14. The first kappa shape index (κ1) is 13.8. The lowest BCUT2D eigenvalue weighted by molar-refractivity contribution is 0.462. The third-order valence-electron chi connectivity index (χ3n) is 2.64. The van der Waals surface area contributed by atoms with Crippen molar-refractivity contribution >= 4 is 34.8 Å². The van der Waals surface area contributed by atoms with Crippen LogP contribution in [0.1, 0.15) is 24.3 Å². The Labute approximate surface area is 121 Å². The van der Waals surface area contributed by atoms with Crippen LogP contribution in [0, 0.1) is 0 Å². The highest BCUT2D eigenvalue weighted by atomic mass is 35.5. The van der Waals surface area contributed by atoms with Crippen LogP contribution in [-0.4, -0.2) is 0 Å². The summed E-state index contributed by atoms with van der Waals surface area (Å²) in [5.41, 5.74) is 0.999. The minimum absolute atomic E-state index is 0.0960. The van der Waals surface area contributed by atoms with E-state index in [0.717, 1.165) is 11.3 Å². The lowest BCUT2D eigenvalue weighted by atomic mass is 10.1. The molecule has 2 rings (SSSR count). The standard InChI is InChI=1S/C13H12Cl3NO/c1-8(11-4-2-9(14)6-12(11)15)17-7-10-3-5-13(16)18-10/h2-6,8,17H,7H2,1H3. The summed E-state index contributed by atoms with van der Waals surface area (Å²) in [6.45, 7) is 2.62. The van der Waals surface area contributed by atoms with Gasteiger partial charge in [0.15, 0.2) is 5.22 Å². The summed E-state index contributed by atoms with van der Waals surface area (Å²) in [6, 6.07) is 9.13. The van der Waals surface area contributed by atoms with Crippen LogP contribution in [0.15, 0.2) is 34.7 Å². The Morgan fingerprint density at radius 3 is 2.56 bits per heavy atom. The molecule has 18 heavy (non-hydrogen) atoms. The summed E-state index contributed by atoms with van der Waals surface area (Å²) in [5.74, 6) is 0.789. The van der Waals surface area contributed by atoms with Crippen LogP contribution in [0.2, 0.25) is 15.3 Å². The van der Waals surface area contributed by atoms with Gasteiger partial charge in [-0.1, -0.05) is 29.3 Å². The zero-order valence-corrected chi connectivity index (χ0v) is 12.0. The molecule has 0 bridgehead atoms. The Kier molecular flexibility index (Phi) is 4.57. The molecule has 0 aliphatic carbocycles. The molecule has 1 N–H and O–H groups in total. The highest BCUT2D eigenvalue weighted by Gasteiger charge is 2.10. The molecular formula is C13H12Cl3NO. The van der Waals surface area contributed by atoms with Crippen LogP contribution < -0.4 is 5.32 Å². The third kappa shape index (κ3) is 3.42. The topological polar surface area (TPSA) is 25.2 Å². The molecule has 0 radical (unpaired) electrons. The van der Waals surface area contributed by atoms with Gasteiger partial charge in [-0.3, -0.25) is 0 Å².